The minimum atomic E-state index is 0.223. The topological polar surface area (TPSA) is 74.7 Å². The number of unbranched alkanes of at least 4 members (excludes halogenated alkanes) is 2. The molecular weight excluding hydrogens is 244 g/mol. The fourth-order valence-electron chi connectivity index (χ4n) is 1.79. The number of rotatable bonds is 7. The van der Waals surface area contributed by atoms with Gasteiger partial charge in [0.1, 0.15) is 16.6 Å². The Bertz CT molecular complexity index is 417. The van der Waals surface area contributed by atoms with Gasteiger partial charge in [0.05, 0.1) is 0 Å². The lowest BCUT2D eigenvalue weighted by atomic mass is 9.87. The molecule has 0 aliphatic rings. The van der Waals surface area contributed by atoms with Crippen molar-refractivity contribution in [3.8, 4) is 6.07 Å². The third-order valence-electron chi connectivity index (χ3n) is 3.01. The number of anilines is 2. The Labute approximate surface area is 113 Å². The number of nitrogens with two attached hydrogens (primary N) is 1. The van der Waals surface area contributed by atoms with Gasteiger partial charge in [-0.15, -0.1) is 0 Å². The molecule has 0 saturated carbocycles. The highest BCUT2D eigenvalue weighted by Crippen LogP contribution is 2.29. The lowest BCUT2D eigenvalue weighted by Crippen LogP contribution is -2.23. The van der Waals surface area contributed by atoms with Crippen molar-refractivity contribution < 1.29 is 0 Å². The number of nitrogen functional groups attached to an aromatic ring is 1. The maximum absolute atomic E-state index is 8.99. The number of nitrogens with one attached hydrogen (secondary N) is 1. The highest BCUT2D eigenvalue weighted by Gasteiger charge is 2.19. The summed E-state index contributed by atoms with van der Waals surface area (Å²) in [5.41, 5.74) is 6.33. The quantitative estimate of drug-likeness (QED) is 0.739. The van der Waals surface area contributed by atoms with Gasteiger partial charge in [-0.05, 0) is 23.4 Å². The van der Waals surface area contributed by atoms with Gasteiger partial charge in [0.2, 0.25) is 0 Å². The molecule has 0 bridgehead atoms. The highest BCUT2D eigenvalue weighted by atomic mass is 32.1. The molecule has 3 N–H and O–H groups in total. The molecule has 0 atom stereocenters. The van der Waals surface area contributed by atoms with Crippen LogP contribution in [0.1, 0.15) is 52.0 Å². The fraction of sp³-hybridized carbons (Fsp3) is 0.692. The fourth-order valence-corrected chi connectivity index (χ4v) is 2.45. The van der Waals surface area contributed by atoms with E-state index in [1.807, 2.05) is 0 Å². The molecule has 0 spiro atoms. The Hall–Kier alpha value is -1.28. The Morgan fingerprint density at radius 3 is 2.78 bits per heavy atom. The van der Waals surface area contributed by atoms with Gasteiger partial charge in [-0.25, -0.2) is 0 Å². The van der Waals surface area contributed by atoms with E-state index in [1.54, 1.807) is 0 Å². The van der Waals surface area contributed by atoms with E-state index in [0.717, 1.165) is 11.5 Å². The van der Waals surface area contributed by atoms with Crippen molar-refractivity contribution in [1.82, 2.24) is 4.37 Å². The van der Waals surface area contributed by atoms with E-state index in [4.69, 9.17) is 11.0 Å². The first-order valence-corrected chi connectivity index (χ1v) is 7.16. The number of hydrogen-bond acceptors (Lipinski definition) is 5. The summed E-state index contributed by atoms with van der Waals surface area (Å²) in [5, 5.41) is 13.1. The summed E-state index contributed by atoms with van der Waals surface area (Å²) >= 11 is 1.26. The molecule has 0 aromatic carbocycles. The molecule has 0 fully saturated rings. The minimum Gasteiger partial charge on any atom is -0.382 e. The molecule has 18 heavy (non-hydrogen) atoms. The summed E-state index contributed by atoms with van der Waals surface area (Å²) < 4.78 is 4.00. The van der Waals surface area contributed by atoms with Crippen LogP contribution in [0.15, 0.2) is 0 Å². The predicted octanol–water partition coefficient (Wildman–Crippen LogP) is 3.62. The Morgan fingerprint density at radius 1 is 1.44 bits per heavy atom. The average Bonchev–Trinajstić information content (AvgIpc) is 2.67. The maximum Gasteiger partial charge on any atom is 0.157 e. The molecule has 1 heterocycles. The standard InChI is InChI=1S/C13H22N4S/c1-4-5-6-7-13(2,3)9-16-12-10(8-14)11(15)17-18-12/h16H,4-7,9H2,1-3H3,(H2,15,17). The first kappa shape index (κ1) is 14.8. The molecular formula is C13H22N4S. The van der Waals surface area contributed by atoms with Crippen LogP contribution in [0.5, 0.6) is 0 Å². The summed E-state index contributed by atoms with van der Waals surface area (Å²) in [6.45, 7) is 7.54. The summed E-state index contributed by atoms with van der Waals surface area (Å²) in [5.74, 6) is 0.328. The zero-order valence-electron chi connectivity index (χ0n) is 11.4. The van der Waals surface area contributed by atoms with Crippen molar-refractivity contribution >= 4 is 22.4 Å². The monoisotopic (exact) mass is 266 g/mol. The molecule has 0 saturated heterocycles. The predicted molar refractivity (Wildman–Crippen MR) is 77.7 cm³/mol. The van der Waals surface area contributed by atoms with Crippen molar-refractivity contribution in [3.05, 3.63) is 5.56 Å². The lowest BCUT2D eigenvalue weighted by molar-refractivity contribution is 0.343. The van der Waals surface area contributed by atoms with E-state index in [2.05, 4.69) is 36.5 Å². The smallest absolute Gasteiger partial charge is 0.157 e. The van der Waals surface area contributed by atoms with E-state index in [9.17, 15) is 0 Å². The number of nitrogens with zero attached hydrogens (tertiary/aromatic N) is 2. The van der Waals surface area contributed by atoms with E-state index >= 15 is 0 Å². The summed E-state index contributed by atoms with van der Waals surface area (Å²) in [6, 6.07) is 2.09. The minimum absolute atomic E-state index is 0.223. The van der Waals surface area contributed by atoms with Crippen LogP contribution < -0.4 is 11.1 Å². The number of aromatic nitrogens is 1. The maximum atomic E-state index is 8.99. The molecule has 4 nitrogen and oxygen atoms in total. The zero-order chi connectivity index (χ0) is 13.6. The van der Waals surface area contributed by atoms with Crippen molar-refractivity contribution in [1.29, 1.82) is 5.26 Å². The molecule has 0 radical (unpaired) electrons. The third-order valence-corrected chi connectivity index (χ3v) is 3.83. The van der Waals surface area contributed by atoms with Crippen molar-refractivity contribution in [3.63, 3.8) is 0 Å². The van der Waals surface area contributed by atoms with Crippen molar-refractivity contribution in [2.75, 3.05) is 17.6 Å². The molecule has 5 heteroatoms. The Kier molecular flexibility index (Phi) is 5.42. The van der Waals surface area contributed by atoms with Crippen LogP contribution in [0, 0.1) is 16.7 Å². The lowest BCUT2D eigenvalue weighted by Gasteiger charge is -2.25. The summed E-state index contributed by atoms with van der Waals surface area (Å²) in [7, 11) is 0. The van der Waals surface area contributed by atoms with Gasteiger partial charge in [0.15, 0.2) is 5.82 Å². The third kappa shape index (κ3) is 4.19. The van der Waals surface area contributed by atoms with Crippen LogP contribution >= 0.6 is 11.5 Å². The molecule has 1 aromatic heterocycles. The second kappa shape index (κ2) is 6.60. The van der Waals surface area contributed by atoms with Gasteiger partial charge in [-0.1, -0.05) is 40.0 Å². The largest absolute Gasteiger partial charge is 0.382 e. The molecule has 100 valence electrons. The Balaban J connectivity index is 2.51. The van der Waals surface area contributed by atoms with E-state index in [0.29, 0.717) is 11.4 Å². The van der Waals surface area contributed by atoms with Crippen LogP contribution in [0.4, 0.5) is 10.8 Å². The van der Waals surface area contributed by atoms with E-state index < -0.39 is 0 Å². The van der Waals surface area contributed by atoms with Gasteiger partial charge < -0.3 is 11.1 Å². The number of hydrogen-bond donors (Lipinski definition) is 2. The normalized spacial score (nSPS) is 11.2. The van der Waals surface area contributed by atoms with Crippen molar-refractivity contribution in [2.45, 2.75) is 46.5 Å². The Morgan fingerprint density at radius 2 is 2.17 bits per heavy atom. The molecule has 0 aliphatic heterocycles. The first-order chi connectivity index (χ1) is 8.50. The van der Waals surface area contributed by atoms with Gasteiger partial charge in [0, 0.05) is 6.54 Å². The van der Waals surface area contributed by atoms with Gasteiger partial charge in [0.25, 0.3) is 0 Å². The molecule has 0 aliphatic carbocycles. The van der Waals surface area contributed by atoms with E-state index in [-0.39, 0.29) is 5.41 Å². The molecule has 0 unspecified atom stereocenters. The summed E-state index contributed by atoms with van der Waals surface area (Å²) in [6.07, 6.45) is 4.96. The zero-order valence-corrected chi connectivity index (χ0v) is 12.2. The second-order valence-corrected chi connectivity index (χ2v) is 6.13. The van der Waals surface area contributed by atoms with Crippen LogP contribution in [0.25, 0.3) is 0 Å². The van der Waals surface area contributed by atoms with Crippen LogP contribution in [-0.4, -0.2) is 10.9 Å². The average molecular weight is 266 g/mol. The SMILES string of the molecule is CCCCCC(C)(C)CNc1snc(N)c1C#N. The molecule has 0 amide bonds. The molecule has 1 aromatic rings. The van der Waals surface area contributed by atoms with Gasteiger partial charge >= 0.3 is 0 Å². The van der Waals surface area contributed by atoms with Crippen LogP contribution in [0.3, 0.4) is 0 Å². The number of nitriles is 1. The summed E-state index contributed by atoms with van der Waals surface area (Å²) in [4.78, 5) is 0. The second-order valence-electron chi connectivity index (χ2n) is 5.36. The highest BCUT2D eigenvalue weighted by molar-refractivity contribution is 7.10. The van der Waals surface area contributed by atoms with E-state index in [1.165, 1.54) is 37.2 Å². The first-order valence-electron chi connectivity index (χ1n) is 6.39. The van der Waals surface area contributed by atoms with Gasteiger partial charge in [-0.3, -0.25) is 0 Å². The van der Waals surface area contributed by atoms with Gasteiger partial charge in [-0.2, -0.15) is 9.64 Å². The van der Waals surface area contributed by atoms with Crippen LogP contribution in [0.2, 0.25) is 0 Å². The van der Waals surface area contributed by atoms with Crippen LogP contribution in [-0.2, 0) is 0 Å². The molecule has 1 rings (SSSR count). The van der Waals surface area contributed by atoms with Crippen molar-refractivity contribution in [2.24, 2.45) is 5.41 Å².